The van der Waals surface area contributed by atoms with E-state index in [9.17, 15) is 27.9 Å². The first kappa shape index (κ1) is 33.9. The van der Waals surface area contributed by atoms with Crippen LogP contribution in [-0.2, 0) is 38.9 Å². The van der Waals surface area contributed by atoms with Gasteiger partial charge in [0.2, 0.25) is 0 Å². The smallest absolute Gasteiger partial charge is 0.432 e. The predicted molar refractivity (Wildman–Crippen MR) is 157 cm³/mol. The van der Waals surface area contributed by atoms with E-state index in [0.717, 1.165) is 7.11 Å². The molecule has 1 saturated carbocycles. The van der Waals surface area contributed by atoms with Gasteiger partial charge in [-0.15, -0.1) is 0 Å². The van der Waals surface area contributed by atoms with E-state index in [-0.39, 0.29) is 43.4 Å². The van der Waals surface area contributed by atoms with Crippen molar-refractivity contribution in [2.24, 2.45) is 23.7 Å². The Kier molecular flexibility index (Phi) is 9.25. The van der Waals surface area contributed by atoms with Crippen LogP contribution in [0.4, 0.5) is 13.2 Å². The summed E-state index contributed by atoms with van der Waals surface area (Å²) in [7, 11) is 0.821. The van der Waals surface area contributed by atoms with Crippen molar-refractivity contribution in [1.29, 1.82) is 0 Å². The maximum Gasteiger partial charge on any atom is 0.432 e. The second-order valence-corrected chi connectivity index (χ2v) is 13.7. The van der Waals surface area contributed by atoms with Gasteiger partial charge in [-0.2, -0.15) is 13.2 Å². The van der Waals surface area contributed by atoms with Crippen molar-refractivity contribution < 1.29 is 51.6 Å². The predicted octanol–water partition coefficient (Wildman–Crippen LogP) is 5.65. The first-order valence-corrected chi connectivity index (χ1v) is 15.9. The Labute approximate surface area is 262 Å². The molecule has 250 valence electrons. The highest BCUT2D eigenvalue weighted by Gasteiger charge is 2.68. The van der Waals surface area contributed by atoms with E-state index in [1.165, 1.54) is 30.3 Å². The molecular formula is C34H45F3O8. The number of esters is 2. The molecule has 0 unspecified atom stereocenters. The van der Waals surface area contributed by atoms with Gasteiger partial charge < -0.3 is 28.8 Å². The molecule has 5 rings (SSSR count). The summed E-state index contributed by atoms with van der Waals surface area (Å²) in [6.07, 6.45) is -6.31. The lowest BCUT2D eigenvalue weighted by Crippen LogP contribution is -2.64. The third kappa shape index (κ3) is 5.72. The topological polar surface area (TPSA) is 101 Å². The Morgan fingerprint density at radius 1 is 1.18 bits per heavy atom. The number of ether oxygens (including phenoxy) is 5. The number of halogens is 3. The molecular weight excluding hydrogens is 593 g/mol. The summed E-state index contributed by atoms with van der Waals surface area (Å²) < 4.78 is 73.7. The highest BCUT2D eigenvalue weighted by molar-refractivity contribution is 5.83. The summed E-state index contributed by atoms with van der Waals surface area (Å²) in [5.74, 6) is -2.35. The summed E-state index contributed by atoms with van der Waals surface area (Å²) in [4.78, 5) is 26.7. The third-order valence-corrected chi connectivity index (χ3v) is 10.7. The van der Waals surface area contributed by atoms with E-state index in [0.29, 0.717) is 25.0 Å². The quantitative estimate of drug-likeness (QED) is 0.302. The standard InChI is InChI=1S/C34H45F3O8/c1-7-11-26(38)45-31(4)15-14-23(44-30(39)33(41-6,34(35,36)37)21-12-9-8-10-13-21)19(2)16-24-28-27(29(31)43-24)22-17-25(32(28,5)40)42-18-20(22)3/h8-10,12-13,20,22-25,27-29,40H,2,7,11,14-18H2,1,3-6H3/t20-,22-,23-,24+,25+,27+,28+,29+,31+,32-,33+/m0/s1. The normalized spacial score (nSPS) is 39.4. The van der Waals surface area contributed by atoms with E-state index >= 15 is 0 Å². The van der Waals surface area contributed by atoms with E-state index < -0.39 is 70.8 Å². The minimum absolute atomic E-state index is 0.0409. The molecule has 4 aliphatic rings. The summed E-state index contributed by atoms with van der Waals surface area (Å²) in [6.45, 7) is 12.1. The highest BCUT2D eigenvalue weighted by Crippen LogP contribution is 2.59. The molecule has 1 aromatic rings. The van der Waals surface area contributed by atoms with Crippen molar-refractivity contribution in [2.45, 2.75) is 114 Å². The summed E-state index contributed by atoms with van der Waals surface area (Å²) >= 11 is 0. The zero-order valence-corrected chi connectivity index (χ0v) is 26.6. The van der Waals surface area contributed by atoms with Crippen molar-refractivity contribution >= 4 is 11.9 Å². The van der Waals surface area contributed by atoms with Crippen LogP contribution in [0, 0.1) is 23.7 Å². The third-order valence-electron chi connectivity index (χ3n) is 10.7. The van der Waals surface area contributed by atoms with E-state index in [4.69, 9.17) is 23.7 Å². The number of alkyl halides is 3. The van der Waals surface area contributed by atoms with Gasteiger partial charge in [-0.05, 0) is 63.4 Å². The number of methoxy groups -OCH3 is 1. The van der Waals surface area contributed by atoms with Crippen LogP contribution in [0.15, 0.2) is 42.5 Å². The van der Waals surface area contributed by atoms with Crippen LogP contribution < -0.4 is 0 Å². The largest absolute Gasteiger partial charge is 0.457 e. The molecule has 1 aliphatic carbocycles. The van der Waals surface area contributed by atoms with Crippen molar-refractivity contribution in [1.82, 2.24) is 0 Å². The van der Waals surface area contributed by atoms with Gasteiger partial charge in [-0.1, -0.05) is 50.8 Å². The van der Waals surface area contributed by atoms with Crippen LogP contribution in [0.1, 0.15) is 71.8 Å². The summed E-state index contributed by atoms with van der Waals surface area (Å²) in [5, 5.41) is 12.0. The fraction of sp³-hybridized carbons (Fsp3) is 0.706. The van der Waals surface area contributed by atoms with Gasteiger partial charge in [0.05, 0.1) is 17.8 Å². The Bertz CT molecular complexity index is 1270. The van der Waals surface area contributed by atoms with E-state index in [1.807, 2.05) is 6.92 Å². The number of hydrogen-bond donors (Lipinski definition) is 1. The Morgan fingerprint density at radius 2 is 1.87 bits per heavy atom. The number of benzene rings is 1. The number of fused-ring (bicyclic) bond motifs is 8. The maximum absolute atomic E-state index is 14.7. The van der Waals surface area contributed by atoms with Crippen LogP contribution >= 0.6 is 0 Å². The molecule has 0 spiro atoms. The van der Waals surface area contributed by atoms with Gasteiger partial charge in [0.15, 0.2) is 0 Å². The molecule has 4 bridgehead atoms. The van der Waals surface area contributed by atoms with Crippen molar-refractivity contribution in [2.75, 3.05) is 13.7 Å². The Hall–Kier alpha value is -2.47. The lowest BCUT2D eigenvalue weighted by Gasteiger charge is -2.55. The molecule has 1 aromatic carbocycles. The van der Waals surface area contributed by atoms with E-state index in [1.54, 1.807) is 13.8 Å². The molecule has 11 heteroatoms. The van der Waals surface area contributed by atoms with Crippen LogP contribution in [0.25, 0.3) is 0 Å². The molecule has 0 amide bonds. The molecule has 3 saturated heterocycles. The number of aliphatic hydroxyl groups is 1. The SMILES string of the molecule is C=C1C[C@H]2O[C@H]([C@@H]3[C@H]4C[C@@H](OC[C@@H]4C)[C@](C)(O)[C@@H]32)[C@](C)(OC(=O)CCC)CC[C@@H]1OC(=O)[C@](OC)(c1ccccc1)C(F)(F)F. The van der Waals surface area contributed by atoms with E-state index in [2.05, 4.69) is 13.5 Å². The van der Waals surface area contributed by atoms with Crippen molar-refractivity contribution in [3.8, 4) is 0 Å². The fourth-order valence-electron chi connectivity index (χ4n) is 8.40. The van der Waals surface area contributed by atoms with Crippen LogP contribution in [-0.4, -0.2) is 72.6 Å². The lowest BCUT2D eigenvalue weighted by molar-refractivity contribution is -0.278. The minimum atomic E-state index is -5.14. The zero-order chi connectivity index (χ0) is 32.9. The fourth-order valence-corrected chi connectivity index (χ4v) is 8.40. The summed E-state index contributed by atoms with van der Waals surface area (Å²) in [6, 6.07) is 6.64. The molecule has 3 heterocycles. The lowest BCUT2D eigenvalue weighted by atomic mass is 9.55. The molecule has 8 nitrogen and oxygen atoms in total. The average Bonchev–Trinajstić information content (AvgIpc) is 3.37. The minimum Gasteiger partial charge on any atom is -0.457 e. The number of hydrogen-bond acceptors (Lipinski definition) is 8. The van der Waals surface area contributed by atoms with Crippen molar-refractivity contribution in [3.05, 3.63) is 48.0 Å². The van der Waals surface area contributed by atoms with Gasteiger partial charge >= 0.3 is 18.1 Å². The second-order valence-electron chi connectivity index (χ2n) is 13.7. The van der Waals surface area contributed by atoms with Gasteiger partial charge in [0, 0.05) is 37.5 Å². The monoisotopic (exact) mass is 638 g/mol. The highest BCUT2D eigenvalue weighted by atomic mass is 19.4. The van der Waals surface area contributed by atoms with Crippen LogP contribution in [0.3, 0.4) is 0 Å². The number of carbonyl (C=O) groups is 2. The van der Waals surface area contributed by atoms with Gasteiger partial charge in [-0.25, -0.2) is 4.79 Å². The molecule has 4 fully saturated rings. The van der Waals surface area contributed by atoms with Gasteiger partial charge in [0.1, 0.15) is 17.8 Å². The van der Waals surface area contributed by atoms with Crippen LogP contribution in [0.5, 0.6) is 0 Å². The molecule has 0 radical (unpaired) electrons. The zero-order valence-electron chi connectivity index (χ0n) is 26.6. The molecule has 3 aliphatic heterocycles. The first-order valence-electron chi connectivity index (χ1n) is 15.9. The second kappa shape index (κ2) is 12.3. The van der Waals surface area contributed by atoms with Crippen molar-refractivity contribution in [3.63, 3.8) is 0 Å². The summed E-state index contributed by atoms with van der Waals surface area (Å²) in [5.41, 5.74) is -5.96. The van der Waals surface area contributed by atoms with Gasteiger partial charge in [0.25, 0.3) is 5.60 Å². The van der Waals surface area contributed by atoms with Gasteiger partial charge in [-0.3, -0.25) is 4.79 Å². The Balaban J connectivity index is 1.53. The molecule has 0 aromatic heterocycles. The molecule has 45 heavy (non-hydrogen) atoms. The molecule has 1 N–H and O–H groups in total. The maximum atomic E-state index is 14.7. The van der Waals surface area contributed by atoms with Crippen LogP contribution in [0.2, 0.25) is 0 Å². The Morgan fingerprint density at radius 3 is 2.49 bits per heavy atom. The number of carbonyl (C=O) groups excluding carboxylic acids is 2. The molecule has 11 atom stereocenters. The average molecular weight is 639 g/mol. The first-order chi connectivity index (χ1) is 21.1. The number of rotatable bonds is 7.